The highest BCUT2D eigenvalue weighted by Crippen LogP contribution is 2.55. The van der Waals surface area contributed by atoms with Crippen molar-refractivity contribution >= 4 is 0 Å². The summed E-state index contributed by atoms with van der Waals surface area (Å²) in [5.74, 6) is 0.955. The molecule has 3 atom stereocenters. The zero-order chi connectivity index (χ0) is 13.0. The number of nitrogens with zero attached hydrogens (tertiary/aromatic N) is 1. The molecule has 0 spiro atoms. The van der Waals surface area contributed by atoms with Crippen molar-refractivity contribution in [3.8, 4) is 5.75 Å². The van der Waals surface area contributed by atoms with Crippen LogP contribution in [0.25, 0.3) is 0 Å². The summed E-state index contributed by atoms with van der Waals surface area (Å²) in [7, 11) is 0. The van der Waals surface area contributed by atoms with Gasteiger partial charge in [0, 0.05) is 18.0 Å². The number of hydrogen-bond donors (Lipinski definition) is 2. The smallest absolute Gasteiger partial charge is 0.115 e. The van der Waals surface area contributed by atoms with Crippen LogP contribution in [0.3, 0.4) is 0 Å². The molecule has 0 unspecified atom stereocenters. The number of hydrogen-bond acceptors (Lipinski definition) is 3. The van der Waals surface area contributed by atoms with E-state index in [2.05, 4.69) is 6.07 Å². The van der Waals surface area contributed by atoms with Crippen LogP contribution in [0.2, 0.25) is 0 Å². The number of rotatable bonds is 0. The molecule has 1 aromatic rings. The Morgan fingerprint density at radius 2 is 2.11 bits per heavy atom. The van der Waals surface area contributed by atoms with E-state index in [4.69, 9.17) is 0 Å². The van der Waals surface area contributed by atoms with Crippen LogP contribution in [-0.4, -0.2) is 28.0 Å². The minimum atomic E-state index is 0.217. The Morgan fingerprint density at radius 3 is 3.00 bits per heavy atom. The summed E-state index contributed by atoms with van der Waals surface area (Å²) < 4.78 is 0. The van der Waals surface area contributed by atoms with Crippen LogP contribution in [0.5, 0.6) is 5.75 Å². The average Bonchev–Trinajstić information content (AvgIpc) is 2.43. The number of piperidine rings is 1. The molecule has 1 heterocycles. The molecule has 2 fully saturated rings. The van der Waals surface area contributed by atoms with Gasteiger partial charge in [-0.15, -0.1) is 0 Å². The van der Waals surface area contributed by atoms with Crippen LogP contribution in [0.1, 0.15) is 43.2 Å². The van der Waals surface area contributed by atoms with Gasteiger partial charge in [0.15, 0.2) is 0 Å². The second kappa shape index (κ2) is 3.97. The molecule has 1 saturated carbocycles. The van der Waals surface area contributed by atoms with Gasteiger partial charge in [0.2, 0.25) is 0 Å². The van der Waals surface area contributed by atoms with Gasteiger partial charge in [0.1, 0.15) is 5.75 Å². The molecule has 2 N–H and O–H groups in total. The largest absolute Gasteiger partial charge is 0.508 e. The van der Waals surface area contributed by atoms with E-state index in [-0.39, 0.29) is 11.5 Å². The Morgan fingerprint density at radius 1 is 1.21 bits per heavy atom. The number of phenolic OH excluding ortho intramolecular Hbond substituents is 1. The van der Waals surface area contributed by atoms with Crippen LogP contribution < -0.4 is 0 Å². The van der Waals surface area contributed by atoms with E-state index in [0.29, 0.717) is 11.7 Å². The first-order valence-corrected chi connectivity index (χ1v) is 7.49. The highest BCUT2D eigenvalue weighted by Gasteiger charge is 2.53. The average molecular weight is 259 g/mol. The maximum Gasteiger partial charge on any atom is 0.115 e. The molecule has 3 nitrogen and oxygen atoms in total. The van der Waals surface area contributed by atoms with Crippen molar-refractivity contribution in [2.24, 2.45) is 5.92 Å². The van der Waals surface area contributed by atoms with Crippen molar-refractivity contribution in [1.82, 2.24) is 5.06 Å². The molecule has 1 aromatic carbocycles. The monoisotopic (exact) mass is 259 g/mol. The summed E-state index contributed by atoms with van der Waals surface area (Å²) >= 11 is 0. The van der Waals surface area contributed by atoms with Crippen LogP contribution in [-0.2, 0) is 11.8 Å². The molecule has 2 aliphatic carbocycles. The molecular formula is C16H21NO2. The molecule has 1 saturated heterocycles. The summed E-state index contributed by atoms with van der Waals surface area (Å²) in [5.41, 5.74) is 2.93. The van der Waals surface area contributed by atoms with Crippen molar-refractivity contribution in [1.29, 1.82) is 0 Å². The fourth-order valence-corrected chi connectivity index (χ4v) is 4.97. The fraction of sp³-hybridized carbons (Fsp3) is 0.625. The van der Waals surface area contributed by atoms with Gasteiger partial charge in [0.25, 0.3) is 0 Å². The van der Waals surface area contributed by atoms with Crippen molar-refractivity contribution in [3.63, 3.8) is 0 Å². The van der Waals surface area contributed by atoms with Crippen LogP contribution in [0.15, 0.2) is 18.2 Å². The van der Waals surface area contributed by atoms with Gasteiger partial charge >= 0.3 is 0 Å². The maximum absolute atomic E-state index is 10.2. The SMILES string of the molecule is Oc1ccc2c(c1)[C@@]13CCCC[C@H]1[C@@H](C2)N(O)CC3. The molecule has 0 aromatic heterocycles. The summed E-state index contributed by atoms with van der Waals surface area (Å²) in [6.07, 6.45) is 6.96. The lowest BCUT2D eigenvalue weighted by atomic mass is 9.52. The third-order valence-electron chi connectivity index (χ3n) is 5.79. The number of aromatic hydroxyl groups is 1. The van der Waals surface area contributed by atoms with Crippen LogP contribution in [0, 0.1) is 5.92 Å². The highest BCUT2D eigenvalue weighted by molar-refractivity contribution is 5.45. The van der Waals surface area contributed by atoms with Crippen LogP contribution in [0.4, 0.5) is 0 Å². The minimum Gasteiger partial charge on any atom is -0.508 e. The molecule has 3 aliphatic rings. The number of benzene rings is 1. The van der Waals surface area contributed by atoms with Gasteiger partial charge in [-0.05, 0) is 54.9 Å². The summed E-state index contributed by atoms with van der Waals surface area (Å²) in [4.78, 5) is 0. The Balaban J connectivity index is 1.90. The van der Waals surface area contributed by atoms with E-state index in [0.717, 1.165) is 19.4 Å². The third kappa shape index (κ3) is 1.52. The molecule has 3 heteroatoms. The predicted molar refractivity (Wildman–Crippen MR) is 72.3 cm³/mol. The molecule has 1 aliphatic heterocycles. The second-order valence-electron chi connectivity index (χ2n) is 6.53. The number of hydroxylamine groups is 2. The van der Waals surface area contributed by atoms with Gasteiger partial charge < -0.3 is 10.3 Å². The first-order chi connectivity index (χ1) is 9.21. The van der Waals surface area contributed by atoms with Gasteiger partial charge in [-0.2, -0.15) is 5.06 Å². The first-order valence-electron chi connectivity index (χ1n) is 7.49. The van der Waals surface area contributed by atoms with E-state index in [1.54, 1.807) is 11.1 Å². The van der Waals surface area contributed by atoms with E-state index < -0.39 is 0 Å². The Labute approximate surface area is 113 Å². The van der Waals surface area contributed by atoms with E-state index in [1.807, 2.05) is 6.07 Å². The molecule has 0 radical (unpaired) electrons. The maximum atomic E-state index is 10.2. The van der Waals surface area contributed by atoms with E-state index >= 15 is 0 Å². The van der Waals surface area contributed by atoms with Crippen molar-refractivity contribution in [2.75, 3.05) is 6.54 Å². The zero-order valence-electron chi connectivity index (χ0n) is 11.2. The van der Waals surface area contributed by atoms with Crippen molar-refractivity contribution in [3.05, 3.63) is 29.3 Å². The van der Waals surface area contributed by atoms with Gasteiger partial charge in [-0.25, -0.2) is 0 Å². The van der Waals surface area contributed by atoms with Crippen molar-refractivity contribution in [2.45, 2.75) is 50.0 Å². The predicted octanol–water partition coefficient (Wildman–Crippen LogP) is 2.84. The lowest BCUT2D eigenvalue weighted by Crippen LogP contribution is -2.59. The minimum absolute atomic E-state index is 0.217. The molecule has 2 bridgehead atoms. The highest BCUT2D eigenvalue weighted by atomic mass is 16.5. The first kappa shape index (κ1) is 11.7. The lowest BCUT2D eigenvalue weighted by Gasteiger charge is -2.57. The molecule has 102 valence electrons. The van der Waals surface area contributed by atoms with Gasteiger partial charge in [-0.1, -0.05) is 18.9 Å². The van der Waals surface area contributed by atoms with Crippen molar-refractivity contribution < 1.29 is 10.3 Å². The Kier molecular flexibility index (Phi) is 2.45. The van der Waals surface area contributed by atoms with E-state index in [9.17, 15) is 10.3 Å². The van der Waals surface area contributed by atoms with Gasteiger partial charge in [-0.3, -0.25) is 0 Å². The van der Waals surface area contributed by atoms with Gasteiger partial charge in [0.05, 0.1) is 0 Å². The molecule has 4 rings (SSSR count). The number of fused-ring (bicyclic) bond motifs is 1. The van der Waals surface area contributed by atoms with Crippen LogP contribution >= 0.6 is 0 Å². The lowest BCUT2D eigenvalue weighted by molar-refractivity contribution is -0.186. The topological polar surface area (TPSA) is 43.7 Å². The summed E-state index contributed by atoms with van der Waals surface area (Å²) in [6, 6.07) is 6.13. The Bertz CT molecular complexity index is 515. The fourth-order valence-electron chi connectivity index (χ4n) is 4.97. The molecule has 19 heavy (non-hydrogen) atoms. The zero-order valence-corrected chi connectivity index (χ0v) is 11.2. The summed E-state index contributed by atoms with van der Waals surface area (Å²) in [6.45, 7) is 0.774. The second-order valence-corrected chi connectivity index (χ2v) is 6.53. The molecule has 0 amide bonds. The number of phenols is 1. The van der Waals surface area contributed by atoms with E-state index in [1.165, 1.54) is 36.8 Å². The quantitative estimate of drug-likeness (QED) is 0.753. The normalized spacial score (nSPS) is 37.5. The Hall–Kier alpha value is -1.06. The standard InChI is InChI=1S/C16H21NO2/c18-12-5-4-11-9-15-13-3-1-2-6-16(13,14(11)10-12)7-8-17(15)19/h4-5,10,13,15,18-19H,1-3,6-9H2/t13-,15+,16+/m0/s1. The third-order valence-corrected chi connectivity index (χ3v) is 5.79. The summed E-state index contributed by atoms with van der Waals surface area (Å²) in [5, 5.41) is 21.7. The molecular weight excluding hydrogens is 238 g/mol.